The predicted octanol–water partition coefficient (Wildman–Crippen LogP) is 4.03. The molecule has 0 unspecified atom stereocenters. The maximum Gasteiger partial charge on any atom is 0.252 e. The summed E-state index contributed by atoms with van der Waals surface area (Å²) >= 11 is 0. The molecule has 0 saturated heterocycles. The highest BCUT2D eigenvalue weighted by molar-refractivity contribution is 6.19. The van der Waals surface area contributed by atoms with E-state index in [1.165, 1.54) is 0 Å². The van der Waals surface area contributed by atoms with Crippen molar-refractivity contribution in [3.63, 3.8) is 0 Å². The van der Waals surface area contributed by atoms with E-state index in [9.17, 15) is 9.59 Å². The number of hydrogen-bond donors (Lipinski definition) is 2. The second-order valence-corrected chi connectivity index (χ2v) is 6.74. The molecule has 5 heteroatoms. The van der Waals surface area contributed by atoms with Crippen LogP contribution in [0.25, 0.3) is 21.9 Å². The normalized spacial score (nSPS) is 11.4. The number of fused-ring (bicyclic) bond motifs is 3. The van der Waals surface area contributed by atoms with Gasteiger partial charge in [-0.2, -0.15) is 0 Å². The van der Waals surface area contributed by atoms with Gasteiger partial charge in [-0.25, -0.2) is 0 Å². The first-order chi connectivity index (χ1) is 12.9. The summed E-state index contributed by atoms with van der Waals surface area (Å²) in [5.41, 5.74) is 17.2. The molecule has 27 heavy (non-hydrogen) atoms. The Kier molecular flexibility index (Phi) is 4.96. The van der Waals surface area contributed by atoms with Gasteiger partial charge in [-0.1, -0.05) is 39.8 Å². The van der Waals surface area contributed by atoms with Crippen LogP contribution < -0.4 is 11.5 Å². The molecule has 0 aliphatic carbocycles. The van der Waals surface area contributed by atoms with Crippen LogP contribution in [-0.2, 0) is 25.7 Å². The van der Waals surface area contributed by atoms with Gasteiger partial charge < -0.3 is 15.9 Å². The number of amides is 2. The number of hydrogen-bond acceptors (Lipinski definition) is 3. The number of nitrogens with two attached hydrogens (primary N) is 2. The molecular weight excluding hydrogens is 340 g/mol. The monoisotopic (exact) mass is 366 g/mol. The van der Waals surface area contributed by atoms with E-state index >= 15 is 0 Å². The Morgan fingerprint density at radius 3 is 1.85 bits per heavy atom. The van der Waals surface area contributed by atoms with Gasteiger partial charge in [0.1, 0.15) is 11.2 Å². The Morgan fingerprint density at radius 2 is 1.37 bits per heavy atom. The van der Waals surface area contributed by atoms with Crippen LogP contribution in [0.15, 0.2) is 16.5 Å². The molecule has 0 aliphatic heterocycles. The van der Waals surface area contributed by atoms with Gasteiger partial charge in [0.25, 0.3) is 11.8 Å². The number of rotatable bonds is 6. The van der Waals surface area contributed by atoms with Crippen LogP contribution >= 0.6 is 0 Å². The lowest BCUT2D eigenvalue weighted by atomic mass is 9.87. The summed E-state index contributed by atoms with van der Waals surface area (Å²) < 4.78 is 6.16. The van der Waals surface area contributed by atoms with Gasteiger partial charge in [0.2, 0.25) is 0 Å². The summed E-state index contributed by atoms with van der Waals surface area (Å²) in [5, 5.41) is 1.69. The van der Waals surface area contributed by atoms with Crippen LogP contribution in [0.2, 0.25) is 0 Å². The molecule has 0 aliphatic rings. The Balaban J connectivity index is 2.66. The maximum atomic E-state index is 12.4. The van der Waals surface area contributed by atoms with Gasteiger partial charge in [-0.05, 0) is 47.9 Å². The van der Waals surface area contributed by atoms with E-state index in [2.05, 4.69) is 13.8 Å². The molecule has 5 nitrogen and oxygen atoms in total. The van der Waals surface area contributed by atoms with Gasteiger partial charge >= 0.3 is 0 Å². The molecule has 0 atom stereocenters. The summed E-state index contributed by atoms with van der Waals surface area (Å²) in [6, 6.07) is 3.88. The van der Waals surface area contributed by atoms with Gasteiger partial charge in [0.15, 0.2) is 0 Å². The Labute approximate surface area is 158 Å². The molecule has 0 fully saturated rings. The lowest BCUT2D eigenvalue weighted by molar-refractivity contribution is 0.0992. The third kappa shape index (κ3) is 2.69. The minimum absolute atomic E-state index is 0.389. The molecule has 2 amide bonds. The fraction of sp³-hybridized carbons (Fsp3) is 0.364. The van der Waals surface area contributed by atoms with E-state index in [0.29, 0.717) is 35.1 Å². The lowest BCUT2D eigenvalue weighted by Crippen LogP contribution is -2.16. The molecule has 0 saturated carbocycles. The van der Waals surface area contributed by atoms with Crippen LogP contribution in [-0.4, -0.2) is 11.8 Å². The van der Waals surface area contributed by atoms with Crippen molar-refractivity contribution in [3.05, 3.63) is 45.5 Å². The molecule has 1 heterocycles. The number of furan rings is 1. The zero-order valence-electron chi connectivity index (χ0n) is 16.4. The molecule has 0 bridgehead atoms. The first kappa shape index (κ1) is 19.0. The van der Waals surface area contributed by atoms with Crippen LogP contribution in [0.5, 0.6) is 0 Å². The highest BCUT2D eigenvalue weighted by atomic mass is 16.3. The van der Waals surface area contributed by atoms with E-state index < -0.39 is 11.8 Å². The zero-order chi connectivity index (χ0) is 19.9. The number of aryl methyl sites for hydroxylation is 2. The molecule has 3 aromatic rings. The zero-order valence-corrected chi connectivity index (χ0v) is 16.4. The van der Waals surface area contributed by atoms with Crippen molar-refractivity contribution in [2.24, 2.45) is 11.5 Å². The van der Waals surface area contributed by atoms with Crippen molar-refractivity contribution in [2.75, 3.05) is 0 Å². The molecule has 0 radical (unpaired) electrons. The molecule has 3 rings (SSSR count). The van der Waals surface area contributed by atoms with Crippen molar-refractivity contribution >= 4 is 33.8 Å². The topological polar surface area (TPSA) is 99.3 Å². The van der Waals surface area contributed by atoms with E-state index in [1.807, 2.05) is 26.0 Å². The van der Waals surface area contributed by atoms with Gasteiger partial charge in [-0.3, -0.25) is 9.59 Å². The third-order valence-electron chi connectivity index (χ3n) is 5.44. The minimum atomic E-state index is -0.526. The third-order valence-corrected chi connectivity index (χ3v) is 5.44. The van der Waals surface area contributed by atoms with Crippen LogP contribution in [0.4, 0.5) is 0 Å². The first-order valence-electron chi connectivity index (χ1n) is 9.55. The average molecular weight is 366 g/mol. The van der Waals surface area contributed by atoms with Gasteiger partial charge in [-0.15, -0.1) is 0 Å². The number of primary amides is 2. The lowest BCUT2D eigenvalue weighted by Gasteiger charge is -2.16. The Morgan fingerprint density at radius 1 is 0.778 bits per heavy atom. The standard InChI is InChI=1S/C22H26N2O3/c1-5-11-9-10-15-17-13(7-3)12(6-2)14(8-4)18(22(24)26)20(17)27-19(15)16(11)21(23)25/h9-10H,5-8H2,1-4H3,(H2,23,25)(H2,24,26). The van der Waals surface area contributed by atoms with Crippen LogP contribution in [0, 0.1) is 0 Å². The smallest absolute Gasteiger partial charge is 0.252 e. The van der Waals surface area contributed by atoms with E-state index in [4.69, 9.17) is 15.9 Å². The largest absolute Gasteiger partial charge is 0.454 e. The summed E-state index contributed by atoms with van der Waals surface area (Å²) in [4.78, 5) is 24.5. The van der Waals surface area contributed by atoms with Gasteiger partial charge in [0.05, 0.1) is 11.1 Å². The summed E-state index contributed by atoms with van der Waals surface area (Å²) in [7, 11) is 0. The second-order valence-electron chi connectivity index (χ2n) is 6.74. The predicted molar refractivity (Wildman–Crippen MR) is 108 cm³/mol. The molecule has 1 aromatic heterocycles. The van der Waals surface area contributed by atoms with Crippen molar-refractivity contribution in [2.45, 2.75) is 53.4 Å². The minimum Gasteiger partial charge on any atom is -0.454 e. The van der Waals surface area contributed by atoms with E-state index in [0.717, 1.165) is 45.9 Å². The molecule has 142 valence electrons. The highest BCUT2D eigenvalue weighted by Crippen LogP contribution is 2.40. The highest BCUT2D eigenvalue weighted by Gasteiger charge is 2.26. The molecule has 2 aromatic carbocycles. The van der Waals surface area contributed by atoms with Crippen molar-refractivity contribution in [3.8, 4) is 0 Å². The SMILES string of the molecule is CCc1ccc2c(oc3c(C(N)=O)c(CC)c(CC)c(CC)c32)c1C(N)=O. The second kappa shape index (κ2) is 7.06. The van der Waals surface area contributed by atoms with E-state index in [-0.39, 0.29) is 0 Å². The average Bonchev–Trinajstić information content (AvgIpc) is 3.02. The molecule has 4 N–H and O–H groups in total. The molecule has 0 spiro atoms. The quantitative estimate of drug-likeness (QED) is 0.689. The Bertz CT molecular complexity index is 1080. The van der Waals surface area contributed by atoms with Crippen LogP contribution in [0.1, 0.15) is 70.7 Å². The Hall–Kier alpha value is -2.82. The number of benzene rings is 2. The summed E-state index contributed by atoms with van der Waals surface area (Å²) in [5.74, 6) is -1.04. The van der Waals surface area contributed by atoms with Crippen molar-refractivity contribution < 1.29 is 14.0 Å². The fourth-order valence-corrected chi connectivity index (χ4v) is 4.33. The number of carbonyl (C=O) groups is 2. The summed E-state index contributed by atoms with van der Waals surface area (Å²) in [6.45, 7) is 8.15. The van der Waals surface area contributed by atoms with E-state index in [1.54, 1.807) is 0 Å². The first-order valence-corrected chi connectivity index (χ1v) is 9.55. The fourth-order valence-electron chi connectivity index (χ4n) is 4.33. The van der Waals surface area contributed by atoms with Crippen molar-refractivity contribution in [1.82, 2.24) is 0 Å². The summed E-state index contributed by atoms with van der Waals surface area (Å²) in [6.07, 6.45) is 2.94. The molecular formula is C22H26N2O3. The van der Waals surface area contributed by atoms with Gasteiger partial charge in [0, 0.05) is 10.8 Å². The maximum absolute atomic E-state index is 12.4. The van der Waals surface area contributed by atoms with Crippen LogP contribution in [0.3, 0.4) is 0 Å². The van der Waals surface area contributed by atoms with Crippen molar-refractivity contribution in [1.29, 1.82) is 0 Å². The number of carbonyl (C=O) groups excluding carboxylic acids is 2.